The first-order valence-corrected chi connectivity index (χ1v) is 6.43. The number of oxazole rings is 1. The minimum absolute atomic E-state index is 0.732. The second kappa shape index (κ2) is 4.63. The van der Waals surface area contributed by atoms with Gasteiger partial charge in [0.05, 0.1) is 0 Å². The summed E-state index contributed by atoms with van der Waals surface area (Å²) in [6, 6.07) is 18.2. The van der Waals surface area contributed by atoms with Crippen LogP contribution in [0.4, 0.5) is 0 Å². The quantitative estimate of drug-likeness (QED) is 0.645. The van der Waals surface area contributed by atoms with Gasteiger partial charge in [0.2, 0.25) is 0 Å². The number of nitrogens with zero attached hydrogens (tertiary/aromatic N) is 1. The molecule has 0 aliphatic carbocycles. The van der Waals surface area contributed by atoms with E-state index in [1.54, 1.807) is 11.8 Å². The number of para-hydroxylation sites is 2. The van der Waals surface area contributed by atoms with Crippen LogP contribution in [0.15, 0.2) is 64.2 Å². The number of benzene rings is 2. The molecule has 3 heteroatoms. The summed E-state index contributed by atoms with van der Waals surface area (Å²) in [5.74, 6) is 0.883. The van der Waals surface area contributed by atoms with Crippen molar-refractivity contribution in [3.63, 3.8) is 0 Å². The lowest BCUT2D eigenvalue weighted by atomic mass is 10.2. The molecule has 0 radical (unpaired) electrons. The van der Waals surface area contributed by atoms with Gasteiger partial charge in [-0.1, -0.05) is 54.2 Å². The third-order valence-corrected chi connectivity index (χ3v) is 3.38. The normalized spacial score (nSPS) is 10.8. The molecule has 17 heavy (non-hydrogen) atoms. The first-order chi connectivity index (χ1) is 8.42. The lowest BCUT2D eigenvalue weighted by Crippen LogP contribution is -1.78. The van der Waals surface area contributed by atoms with Crippen LogP contribution in [0.3, 0.4) is 0 Å². The summed E-state index contributed by atoms with van der Waals surface area (Å²) < 4.78 is 5.64. The van der Waals surface area contributed by atoms with Crippen LogP contribution in [0.2, 0.25) is 0 Å². The van der Waals surface area contributed by atoms with Crippen molar-refractivity contribution in [3.8, 4) is 0 Å². The Morgan fingerprint density at radius 1 is 0.941 bits per heavy atom. The molecule has 84 valence electrons. The van der Waals surface area contributed by atoms with Crippen molar-refractivity contribution in [3.05, 3.63) is 60.2 Å². The van der Waals surface area contributed by atoms with E-state index in [0.29, 0.717) is 0 Å². The summed E-state index contributed by atoms with van der Waals surface area (Å²) in [5.41, 5.74) is 3.05. The molecule has 0 saturated heterocycles. The highest BCUT2D eigenvalue weighted by Crippen LogP contribution is 2.25. The van der Waals surface area contributed by atoms with Gasteiger partial charge in [-0.15, -0.1) is 0 Å². The maximum Gasteiger partial charge on any atom is 0.257 e. The molecule has 0 spiro atoms. The topological polar surface area (TPSA) is 26.0 Å². The standard InChI is InChI=1S/C14H11NOS/c1-2-6-11(7-3-1)10-17-14-15-12-8-4-5-9-13(12)16-14/h1-9H,10H2. The highest BCUT2D eigenvalue weighted by Gasteiger charge is 2.05. The predicted octanol–water partition coefficient (Wildman–Crippen LogP) is 4.12. The van der Waals surface area contributed by atoms with Crippen LogP contribution in [0.5, 0.6) is 0 Å². The van der Waals surface area contributed by atoms with Crippen molar-refractivity contribution in [1.82, 2.24) is 4.98 Å². The van der Waals surface area contributed by atoms with Gasteiger partial charge in [0.25, 0.3) is 5.22 Å². The Morgan fingerprint density at radius 2 is 1.71 bits per heavy atom. The molecule has 3 rings (SSSR count). The number of rotatable bonds is 3. The summed E-state index contributed by atoms with van der Waals surface area (Å²) >= 11 is 1.62. The van der Waals surface area contributed by atoms with E-state index in [4.69, 9.17) is 4.42 Å². The van der Waals surface area contributed by atoms with E-state index in [9.17, 15) is 0 Å². The molecule has 0 bridgehead atoms. The summed E-state index contributed by atoms with van der Waals surface area (Å²) in [6.07, 6.45) is 0. The molecule has 2 aromatic carbocycles. The zero-order valence-corrected chi connectivity index (χ0v) is 9.98. The first kappa shape index (κ1) is 10.4. The maximum atomic E-state index is 5.64. The van der Waals surface area contributed by atoms with Crippen molar-refractivity contribution < 1.29 is 4.42 Å². The zero-order chi connectivity index (χ0) is 11.5. The van der Waals surface area contributed by atoms with Gasteiger partial charge in [0.1, 0.15) is 5.52 Å². The Bertz CT molecular complexity index is 585. The van der Waals surface area contributed by atoms with E-state index in [0.717, 1.165) is 22.1 Å². The van der Waals surface area contributed by atoms with Gasteiger partial charge in [-0.05, 0) is 17.7 Å². The minimum atomic E-state index is 0.732. The molecule has 0 unspecified atom stereocenters. The Labute approximate surface area is 104 Å². The van der Waals surface area contributed by atoms with Crippen molar-refractivity contribution in [2.24, 2.45) is 0 Å². The molecule has 0 saturated carbocycles. The predicted molar refractivity (Wildman–Crippen MR) is 70.0 cm³/mol. The van der Waals surface area contributed by atoms with E-state index in [-0.39, 0.29) is 0 Å². The summed E-state index contributed by atoms with van der Waals surface area (Å²) in [4.78, 5) is 4.42. The van der Waals surface area contributed by atoms with Gasteiger partial charge in [-0.2, -0.15) is 0 Å². The van der Waals surface area contributed by atoms with Crippen LogP contribution in [-0.2, 0) is 5.75 Å². The fraction of sp³-hybridized carbons (Fsp3) is 0.0714. The molecule has 1 heterocycles. The maximum absolute atomic E-state index is 5.64. The molecule has 0 aliphatic heterocycles. The van der Waals surface area contributed by atoms with Crippen molar-refractivity contribution in [2.75, 3.05) is 0 Å². The Hall–Kier alpha value is -1.74. The highest BCUT2D eigenvalue weighted by molar-refractivity contribution is 7.98. The van der Waals surface area contributed by atoms with Crippen LogP contribution in [0.25, 0.3) is 11.1 Å². The number of aromatic nitrogens is 1. The largest absolute Gasteiger partial charge is 0.431 e. The number of fused-ring (bicyclic) bond motifs is 1. The summed E-state index contributed by atoms with van der Waals surface area (Å²) in [7, 11) is 0. The lowest BCUT2D eigenvalue weighted by molar-refractivity contribution is 0.489. The zero-order valence-electron chi connectivity index (χ0n) is 9.17. The summed E-state index contributed by atoms with van der Waals surface area (Å²) in [5, 5.41) is 0.732. The Morgan fingerprint density at radius 3 is 2.53 bits per heavy atom. The monoisotopic (exact) mass is 241 g/mol. The molecular weight excluding hydrogens is 230 g/mol. The molecule has 0 atom stereocenters. The molecular formula is C14H11NOS. The van der Waals surface area contributed by atoms with Crippen molar-refractivity contribution >= 4 is 22.9 Å². The lowest BCUT2D eigenvalue weighted by Gasteiger charge is -1.96. The van der Waals surface area contributed by atoms with Crippen LogP contribution in [0.1, 0.15) is 5.56 Å². The van der Waals surface area contributed by atoms with Gasteiger partial charge in [0, 0.05) is 5.75 Å². The molecule has 0 amide bonds. The van der Waals surface area contributed by atoms with E-state index >= 15 is 0 Å². The number of hydrogen-bond donors (Lipinski definition) is 0. The third-order valence-electron chi connectivity index (χ3n) is 2.48. The Kier molecular flexibility index (Phi) is 2.84. The first-order valence-electron chi connectivity index (χ1n) is 5.44. The fourth-order valence-electron chi connectivity index (χ4n) is 1.63. The van der Waals surface area contributed by atoms with Crippen LogP contribution in [-0.4, -0.2) is 4.98 Å². The van der Waals surface area contributed by atoms with Gasteiger partial charge < -0.3 is 4.42 Å². The van der Waals surface area contributed by atoms with E-state index < -0.39 is 0 Å². The molecule has 1 aromatic heterocycles. The van der Waals surface area contributed by atoms with Crippen LogP contribution >= 0.6 is 11.8 Å². The molecule has 0 fully saturated rings. The van der Waals surface area contributed by atoms with Crippen LogP contribution in [0, 0.1) is 0 Å². The van der Waals surface area contributed by atoms with Crippen LogP contribution < -0.4 is 0 Å². The highest BCUT2D eigenvalue weighted by atomic mass is 32.2. The molecule has 0 aliphatic rings. The van der Waals surface area contributed by atoms with Gasteiger partial charge in [0.15, 0.2) is 5.58 Å². The SMILES string of the molecule is c1ccc(CSc2nc3ccccc3o2)cc1. The van der Waals surface area contributed by atoms with E-state index in [1.807, 2.05) is 42.5 Å². The van der Waals surface area contributed by atoms with Gasteiger partial charge in [-0.3, -0.25) is 0 Å². The van der Waals surface area contributed by atoms with Gasteiger partial charge in [-0.25, -0.2) is 4.98 Å². The number of hydrogen-bond acceptors (Lipinski definition) is 3. The smallest absolute Gasteiger partial charge is 0.257 e. The fourth-order valence-corrected chi connectivity index (χ4v) is 2.43. The summed E-state index contributed by atoms with van der Waals surface area (Å²) in [6.45, 7) is 0. The molecule has 0 N–H and O–H groups in total. The van der Waals surface area contributed by atoms with E-state index in [1.165, 1.54) is 5.56 Å². The Balaban J connectivity index is 1.77. The average Bonchev–Trinajstić information content (AvgIpc) is 2.80. The third kappa shape index (κ3) is 2.34. The second-order valence-electron chi connectivity index (χ2n) is 3.72. The second-order valence-corrected chi connectivity index (χ2v) is 4.65. The minimum Gasteiger partial charge on any atom is -0.431 e. The number of thioether (sulfide) groups is 1. The van der Waals surface area contributed by atoms with Crippen molar-refractivity contribution in [2.45, 2.75) is 11.0 Å². The van der Waals surface area contributed by atoms with Crippen molar-refractivity contribution in [1.29, 1.82) is 0 Å². The van der Waals surface area contributed by atoms with Gasteiger partial charge >= 0.3 is 0 Å². The van der Waals surface area contributed by atoms with E-state index in [2.05, 4.69) is 17.1 Å². The molecule has 2 nitrogen and oxygen atoms in total. The average molecular weight is 241 g/mol. The molecule has 3 aromatic rings.